The summed E-state index contributed by atoms with van der Waals surface area (Å²) in [4.78, 5) is 38.6. The van der Waals surface area contributed by atoms with Gasteiger partial charge in [0.2, 0.25) is 6.41 Å². The second kappa shape index (κ2) is 10.5. The van der Waals surface area contributed by atoms with E-state index in [1.54, 1.807) is 12.2 Å². The number of aliphatic hydroxyl groups is 1. The Bertz CT molecular complexity index is 1030. The van der Waals surface area contributed by atoms with E-state index in [4.69, 9.17) is 9.84 Å². The quantitative estimate of drug-likeness (QED) is 0.336. The molecule has 0 aliphatic carbocycles. The van der Waals surface area contributed by atoms with Gasteiger partial charge in [0.15, 0.2) is 6.10 Å². The van der Waals surface area contributed by atoms with Crippen LogP contribution in [0.3, 0.4) is 0 Å². The van der Waals surface area contributed by atoms with Crippen LogP contribution in [0.2, 0.25) is 0 Å². The largest absolute Gasteiger partial charge is 0.448 e. The smallest absolute Gasteiger partial charge is 0.356 e. The topological polar surface area (TPSA) is 95.9 Å². The van der Waals surface area contributed by atoms with E-state index in [2.05, 4.69) is 5.32 Å². The van der Waals surface area contributed by atoms with Gasteiger partial charge in [-0.05, 0) is 23.1 Å². The Morgan fingerprint density at radius 3 is 2.36 bits per heavy atom. The predicted molar refractivity (Wildman–Crippen MR) is 125 cm³/mol. The maximum absolute atomic E-state index is 13.5. The van der Waals surface area contributed by atoms with Gasteiger partial charge in [0.25, 0.3) is 5.91 Å². The van der Waals surface area contributed by atoms with Crippen LogP contribution in [-0.2, 0) is 19.1 Å². The van der Waals surface area contributed by atoms with Crippen LogP contribution in [-0.4, -0.2) is 52.1 Å². The first kappa shape index (κ1) is 22.8. The monoisotopic (exact) mass is 464 g/mol. The first-order valence-corrected chi connectivity index (χ1v) is 11.7. The second-order valence-electron chi connectivity index (χ2n) is 7.57. The molecule has 2 aromatic rings. The highest BCUT2D eigenvalue weighted by molar-refractivity contribution is 8.00. The van der Waals surface area contributed by atoms with E-state index in [0.717, 1.165) is 11.1 Å². The van der Waals surface area contributed by atoms with E-state index < -0.39 is 18.1 Å². The molecule has 2 atom stereocenters. The van der Waals surface area contributed by atoms with Crippen LogP contribution in [0.5, 0.6) is 0 Å². The predicted octanol–water partition coefficient (Wildman–Crippen LogP) is 2.54. The highest BCUT2D eigenvalue weighted by Crippen LogP contribution is 2.41. The van der Waals surface area contributed by atoms with Gasteiger partial charge >= 0.3 is 5.97 Å². The van der Waals surface area contributed by atoms with Gasteiger partial charge in [0.05, 0.1) is 0 Å². The Morgan fingerprint density at radius 2 is 1.79 bits per heavy atom. The molecule has 8 heteroatoms. The van der Waals surface area contributed by atoms with Gasteiger partial charge in [-0.25, -0.2) is 4.79 Å². The number of carbonyl (C=O) groups excluding carboxylic acids is 3. The van der Waals surface area contributed by atoms with Crippen molar-refractivity contribution in [3.63, 3.8) is 0 Å². The lowest BCUT2D eigenvalue weighted by atomic mass is 10.0. The average Bonchev–Trinajstić information content (AvgIpc) is 2.86. The van der Waals surface area contributed by atoms with Crippen LogP contribution in [0.25, 0.3) is 0 Å². The number of nitrogens with zero attached hydrogens (tertiary/aromatic N) is 1. The SMILES string of the molecule is O=CN[C@@H]1C(=O)N2C(C(=O)OC(c3ccccc3)c3ccccc3)=C(/C=C/CCO)CS[C@H]12. The number of benzene rings is 2. The fourth-order valence-electron chi connectivity index (χ4n) is 3.90. The fraction of sp³-hybridized carbons (Fsp3) is 0.240. The second-order valence-corrected chi connectivity index (χ2v) is 8.67. The van der Waals surface area contributed by atoms with Crippen LogP contribution in [0.1, 0.15) is 23.7 Å². The molecule has 2 heterocycles. The van der Waals surface area contributed by atoms with Crippen molar-refractivity contribution in [2.75, 3.05) is 12.4 Å². The molecule has 33 heavy (non-hydrogen) atoms. The lowest BCUT2D eigenvalue weighted by Gasteiger charge is -2.49. The summed E-state index contributed by atoms with van der Waals surface area (Å²) < 4.78 is 6.02. The summed E-state index contributed by atoms with van der Waals surface area (Å²) in [6.07, 6.45) is 3.80. The van der Waals surface area contributed by atoms with Crippen molar-refractivity contribution in [1.29, 1.82) is 0 Å². The molecule has 4 rings (SSSR count). The number of fused-ring (bicyclic) bond motifs is 1. The minimum atomic E-state index is -0.669. The number of amides is 2. The Balaban J connectivity index is 1.68. The molecule has 1 fully saturated rings. The molecule has 0 unspecified atom stereocenters. The number of hydrogen-bond donors (Lipinski definition) is 2. The molecule has 2 aromatic carbocycles. The standard InChI is InChI=1S/C25H24N2O5S/c28-14-8-7-13-19-15-33-24-20(26-16-29)23(30)27(24)21(19)25(31)32-22(17-9-3-1-4-10-17)18-11-5-2-6-12-18/h1-7,9-13,16,20,22,24,28H,8,14-15H2,(H,26,29)/b13-7+/t20-,24-/m1/s1. The van der Waals surface area contributed by atoms with Crippen LogP contribution in [0.4, 0.5) is 0 Å². The Kier molecular flexibility index (Phi) is 7.26. The summed E-state index contributed by atoms with van der Waals surface area (Å²) in [5.74, 6) is -0.492. The van der Waals surface area contributed by atoms with Gasteiger partial charge in [-0.1, -0.05) is 72.8 Å². The van der Waals surface area contributed by atoms with Gasteiger partial charge in [-0.3, -0.25) is 14.5 Å². The average molecular weight is 465 g/mol. The number of allylic oxidation sites excluding steroid dienone is 1. The zero-order chi connectivity index (χ0) is 23.2. The third-order valence-electron chi connectivity index (χ3n) is 5.48. The fourth-order valence-corrected chi connectivity index (χ4v) is 5.23. The van der Waals surface area contributed by atoms with E-state index in [9.17, 15) is 14.4 Å². The molecule has 0 bridgehead atoms. The van der Waals surface area contributed by atoms with Crippen LogP contribution in [0, 0.1) is 0 Å². The Morgan fingerprint density at radius 1 is 1.15 bits per heavy atom. The molecule has 0 spiro atoms. The number of hydrogen-bond acceptors (Lipinski definition) is 6. The van der Waals surface area contributed by atoms with Crippen LogP contribution in [0.15, 0.2) is 84.1 Å². The van der Waals surface area contributed by atoms with Crippen molar-refractivity contribution in [1.82, 2.24) is 10.2 Å². The van der Waals surface area contributed by atoms with Gasteiger partial charge < -0.3 is 15.2 Å². The molecule has 0 radical (unpaired) electrons. The molecule has 0 aromatic heterocycles. The molecule has 2 aliphatic heterocycles. The highest BCUT2D eigenvalue weighted by Gasteiger charge is 2.53. The number of thioether (sulfide) groups is 1. The third kappa shape index (κ3) is 4.72. The first-order chi connectivity index (χ1) is 16.2. The number of esters is 1. The Hall–Kier alpha value is -3.36. The van der Waals surface area contributed by atoms with Crippen LogP contribution >= 0.6 is 11.8 Å². The van der Waals surface area contributed by atoms with Gasteiger partial charge in [-0.15, -0.1) is 11.8 Å². The van der Waals surface area contributed by atoms with Crippen molar-refractivity contribution in [3.05, 3.63) is 95.2 Å². The highest BCUT2D eigenvalue weighted by atomic mass is 32.2. The van der Waals surface area contributed by atoms with Crippen molar-refractivity contribution < 1.29 is 24.2 Å². The van der Waals surface area contributed by atoms with Crippen molar-refractivity contribution in [2.45, 2.75) is 23.9 Å². The molecule has 1 saturated heterocycles. The van der Waals surface area contributed by atoms with E-state index in [-0.39, 0.29) is 23.6 Å². The molecule has 170 valence electrons. The Labute approximate surface area is 196 Å². The number of aliphatic hydroxyl groups excluding tert-OH is 1. The minimum absolute atomic E-state index is 0.0165. The molecular formula is C25H24N2O5S. The van der Waals surface area contributed by atoms with E-state index >= 15 is 0 Å². The van der Waals surface area contributed by atoms with Gasteiger partial charge in [0.1, 0.15) is 17.1 Å². The van der Waals surface area contributed by atoms with E-state index in [1.165, 1.54) is 16.7 Å². The summed E-state index contributed by atoms with van der Waals surface area (Å²) in [6, 6.07) is 18.2. The summed E-state index contributed by atoms with van der Waals surface area (Å²) in [5.41, 5.74) is 2.45. The van der Waals surface area contributed by atoms with E-state index in [0.29, 0.717) is 24.2 Å². The number of β-lactam (4-membered cyclic amide) rings is 1. The number of ether oxygens (including phenoxy) is 1. The minimum Gasteiger partial charge on any atom is -0.448 e. The lowest BCUT2D eigenvalue weighted by molar-refractivity contribution is -0.154. The molecule has 2 N–H and O–H groups in total. The molecule has 2 aliphatic rings. The van der Waals surface area contributed by atoms with Gasteiger partial charge in [0, 0.05) is 12.4 Å². The van der Waals surface area contributed by atoms with Crippen molar-refractivity contribution >= 4 is 30.0 Å². The van der Waals surface area contributed by atoms with Gasteiger partial charge in [-0.2, -0.15) is 0 Å². The molecule has 0 saturated carbocycles. The number of carbonyl (C=O) groups is 3. The molecular weight excluding hydrogens is 440 g/mol. The normalized spacial score (nSPS) is 19.9. The number of rotatable bonds is 9. The summed E-state index contributed by atoms with van der Waals surface area (Å²) in [7, 11) is 0. The number of nitrogens with one attached hydrogen (secondary N) is 1. The first-order valence-electron chi connectivity index (χ1n) is 10.6. The van der Waals surface area contributed by atoms with E-state index in [1.807, 2.05) is 60.7 Å². The maximum atomic E-state index is 13.5. The zero-order valence-electron chi connectivity index (χ0n) is 17.8. The molecule has 2 amide bonds. The molecule has 7 nitrogen and oxygen atoms in total. The van der Waals surface area contributed by atoms with Crippen LogP contribution < -0.4 is 5.32 Å². The summed E-state index contributed by atoms with van der Waals surface area (Å²) >= 11 is 1.47. The third-order valence-corrected chi connectivity index (χ3v) is 6.79. The summed E-state index contributed by atoms with van der Waals surface area (Å²) in [5, 5.41) is 11.3. The maximum Gasteiger partial charge on any atom is 0.356 e. The van der Waals surface area contributed by atoms with Crippen molar-refractivity contribution in [3.8, 4) is 0 Å². The summed E-state index contributed by atoms with van der Waals surface area (Å²) in [6.45, 7) is -0.0165. The lowest BCUT2D eigenvalue weighted by Crippen LogP contribution is -2.69. The van der Waals surface area contributed by atoms with Crippen molar-refractivity contribution in [2.24, 2.45) is 0 Å². The zero-order valence-corrected chi connectivity index (χ0v) is 18.6.